The average Bonchev–Trinajstić information content (AvgIpc) is 3.38. The van der Waals surface area contributed by atoms with Crippen molar-refractivity contribution in [1.29, 1.82) is 0 Å². The van der Waals surface area contributed by atoms with Crippen LogP contribution in [0.5, 0.6) is 0 Å². The number of amides is 1. The predicted molar refractivity (Wildman–Crippen MR) is 118 cm³/mol. The van der Waals surface area contributed by atoms with E-state index in [1.54, 1.807) is 6.20 Å². The Labute approximate surface area is 177 Å². The molecule has 1 saturated heterocycles. The third-order valence-corrected chi connectivity index (χ3v) is 4.31. The number of rotatable bonds is 6. The second-order valence-electron chi connectivity index (χ2n) is 6.26. The summed E-state index contributed by atoms with van der Waals surface area (Å²) in [5, 5.41) is 10.6. The molecule has 8 heteroatoms. The topological polar surface area (TPSA) is 74.5 Å². The van der Waals surface area contributed by atoms with E-state index in [1.165, 1.54) is 0 Å². The van der Waals surface area contributed by atoms with Crippen molar-refractivity contribution in [3.05, 3.63) is 48.3 Å². The van der Waals surface area contributed by atoms with E-state index in [2.05, 4.69) is 26.8 Å². The number of carbonyl (C=O) groups excluding carboxylic acids is 1. The molecule has 7 nitrogen and oxygen atoms in total. The van der Waals surface area contributed by atoms with Gasteiger partial charge in [-0.05, 0) is 43.5 Å². The van der Waals surface area contributed by atoms with E-state index < -0.39 is 0 Å². The number of benzene rings is 1. The molecule has 0 saturated carbocycles. The van der Waals surface area contributed by atoms with Gasteiger partial charge in [0.1, 0.15) is 0 Å². The first kappa shape index (κ1) is 21.2. The summed E-state index contributed by atoms with van der Waals surface area (Å²) in [5.74, 6) is 0.790. The van der Waals surface area contributed by atoms with Crippen molar-refractivity contribution < 1.29 is 4.79 Å². The lowest BCUT2D eigenvalue weighted by molar-refractivity contribution is -0.128. The highest BCUT2D eigenvalue weighted by atomic mass is 127. The molecule has 27 heavy (non-hydrogen) atoms. The first-order valence-corrected chi connectivity index (χ1v) is 9.15. The highest BCUT2D eigenvalue weighted by Crippen LogP contribution is 2.10. The molecule has 1 aromatic carbocycles. The van der Waals surface area contributed by atoms with Crippen molar-refractivity contribution in [3.63, 3.8) is 0 Å². The molecule has 2 heterocycles. The molecule has 0 radical (unpaired) electrons. The quantitative estimate of drug-likeness (QED) is 0.376. The number of carbonyl (C=O) groups is 1. The standard InChI is InChI=1S/C19H26N6O.HI/c1-2-20-19(22-15-18(26)24-10-3-4-11-24)21-14-16-7-5-8-17(13-16)25-12-6-9-23-25;/h5-9,12-13H,2-4,10-11,14-15H2,1H3,(H2,20,21,22);1H. The van der Waals surface area contributed by atoms with E-state index in [1.807, 2.05) is 47.0 Å². The van der Waals surface area contributed by atoms with Crippen LogP contribution in [0.15, 0.2) is 47.7 Å². The van der Waals surface area contributed by atoms with Gasteiger partial charge in [0.25, 0.3) is 0 Å². The van der Waals surface area contributed by atoms with Crippen molar-refractivity contribution in [2.75, 3.05) is 26.2 Å². The number of likely N-dealkylation sites (tertiary alicyclic amines) is 1. The van der Waals surface area contributed by atoms with E-state index >= 15 is 0 Å². The summed E-state index contributed by atoms with van der Waals surface area (Å²) in [4.78, 5) is 18.7. The van der Waals surface area contributed by atoms with Crippen molar-refractivity contribution in [2.24, 2.45) is 4.99 Å². The smallest absolute Gasteiger partial charge is 0.241 e. The molecular formula is C19H27IN6O. The summed E-state index contributed by atoms with van der Waals surface area (Å²) in [6, 6.07) is 10.0. The van der Waals surface area contributed by atoms with Gasteiger partial charge in [-0.15, -0.1) is 24.0 Å². The molecule has 0 aliphatic carbocycles. The van der Waals surface area contributed by atoms with E-state index in [0.29, 0.717) is 12.5 Å². The maximum Gasteiger partial charge on any atom is 0.241 e. The molecule has 1 amide bonds. The molecule has 3 rings (SSSR count). The first-order valence-electron chi connectivity index (χ1n) is 9.15. The lowest BCUT2D eigenvalue weighted by Crippen LogP contribution is -2.44. The number of hydrogen-bond acceptors (Lipinski definition) is 3. The van der Waals surface area contributed by atoms with Gasteiger partial charge in [0.2, 0.25) is 5.91 Å². The second-order valence-corrected chi connectivity index (χ2v) is 6.26. The summed E-state index contributed by atoms with van der Waals surface area (Å²) >= 11 is 0. The fraction of sp³-hybridized carbons (Fsp3) is 0.421. The number of nitrogens with zero attached hydrogens (tertiary/aromatic N) is 4. The summed E-state index contributed by atoms with van der Waals surface area (Å²) < 4.78 is 1.82. The van der Waals surface area contributed by atoms with Crippen LogP contribution < -0.4 is 10.6 Å². The zero-order chi connectivity index (χ0) is 18.2. The molecule has 0 unspecified atom stereocenters. The Kier molecular flexibility index (Phi) is 8.56. The molecule has 0 bridgehead atoms. The van der Waals surface area contributed by atoms with Crippen LogP contribution in [-0.2, 0) is 11.3 Å². The number of hydrogen-bond donors (Lipinski definition) is 2. The Balaban J connectivity index is 0.00000261. The minimum absolute atomic E-state index is 0. The zero-order valence-electron chi connectivity index (χ0n) is 15.6. The van der Waals surface area contributed by atoms with Gasteiger partial charge in [-0.3, -0.25) is 4.79 Å². The minimum atomic E-state index is 0. The summed E-state index contributed by atoms with van der Waals surface area (Å²) in [6.45, 7) is 5.30. The van der Waals surface area contributed by atoms with Gasteiger partial charge in [0, 0.05) is 32.0 Å². The van der Waals surface area contributed by atoms with Crippen LogP contribution in [-0.4, -0.2) is 52.7 Å². The Morgan fingerprint density at radius 1 is 1.22 bits per heavy atom. The molecule has 1 aromatic heterocycles. The molecule has 2 N–H and O–H groups in total. The number of aromatic nitrogens is 2. The Bertz CT molecular complexity index is 740. The highest BCUT2D eigenvalue weighted by molar-refractivity contribution is 14.0. The van der Waals surface area contributed by atoms with Crippen LogP contribution >= 0.6 is 24.0 Å². The molecule has 146 valence electrons. The normalized spacial score (nSPS) is 14.0. The summed E-state index contributed by atoms with van der Waals surface area (Å²) in [7, 11) is 0. The molecule has 2 aromatic rings. The van der Waals surface area contributed by atoms with Crippen LogP contribution in [0.1, 0.15) is 25.3 Å². The van der Waals surface area contributed by atoms with Crippen LogP contribution in [0.25, 0.3) is 5.69 Å². The monoisotopic (exact) mass is 482 g/mol. The van der Waals surface area contributed by atoms with E-state index in [-0.39, 0.29) is 36.4 Å². The molecule has 1 aliphatic heterocycles. The SMILES string of the molecule is CCNC(=NCc1cccc(-n2cccn2)c1)NCC(=O)N1CCCC1.I. The maximum atomic E-state index is 12.2. The van der Waals surface area contributed by atoms with Gasteiger partial charge in [-0.25, -0.2) is 9.67 Å². The van der Waals surface area contributed by atoms with Crippen molar-refractivity contribution >= 4 is 35.8 Å². The summed E-state index contributed by atoms with van der Waals surface area (Å²) in [6.07, 6.45) is 5.88. The summed E-state index contributed by atoms with van der Waals surface area (Å²) in [5.41, 5.74) is 2.09. The van der Waals surface area contributed by atoms with Gasteiger partial charge in [-0.2, -0.15) is 5.10 Å². The van der Waals surface area contributed by atoms with Crippen LogP contribution in [0.4, 0.5) is 0 Å². The molecule has 0 atom stereocenters. The molecule has 1 fully saturated rings. The number of aliphatic imine (C=N–C) groups is 1. The van der Waals surface area contributed by atoms with Crippen LogP contribution in [0.2, 0.25) is 0 Å². The van der Waals surface area contributed by atoms with E-state index in [0.717, 1.165) is 43.7 Å². The molecule has 1 aliphatic rings. The largest absolute Gasteiger partial charge is 0.357 e. The van der Waals surface area contributed by atoms with Crippen molar-refractivity contribution in [3.8, 4) is 5.69 Å². The van der Waals surface area contributed by atoms with Gasteiger partial charge in [0.15, 0.2) is 5.96 Å². The average molecular weight is 482 g/mol. The number of halogens is 1. The second kappa shape index (κ2) is 10.9. The number of guanidine groups is 1. The Morgan fingerprint density at radius 3 is 2.74 bits per heavy atom. The Morgan fingerprint density at radius 2 is 2.04 bits per heavy atom. The van der Waals surface area contributed by atoms with Crippen LogP contribution in [0.3, 0.4) is 0 Å². The van der Waals surface area contributed by atoms with E-state index in [4.69, 9.17) is 0 Å². The lowest BCUT2D eigenvalue weighted by atomic mass is 10.2. The van der Waals surface area contributed by atoms with Crippen molar-refractivity contribution in [1.82, 2.24) is 25.3 Å². The van der Waals surface area contributed by atoms with Gasteiger partial charge in [-0.1, -0.05) is 12.1 Å². The van der Waals surface area contributed by atoms with Gasteiger partial charge < -0.3 is 15.5 Å². The minimum Gasteiger partial charge on any atom is -0.357 e. The van der Waals surface area contributed by atoms with Gasteiger partial charge in [0.05, 0.1) is 18.8 Å². The van der Waals surface area contributed by atoms with Gasteiger partial charge >= 0.3 is 0 Å². The maximum absolute atomic E-state index is 12.2. The van der Waals surface area contributed by atoms with Crippen molar-refractivity contribution in [2.45, 2.75) is 26.3 Å². The predicted octanol–water partition coefficient (Wildman–Crippen LogP) is 2.17. The fourth-order valence-corrected chi connectivity index (χ4v) is 2.97. The fourth-order valence-electron chi connectivity index (χ4n) is 2.97. The molecule has 0 spiro atoms. The van der Waals surface area contributed by atoms with E-state index in [9.17, 15) is 4.79 Å². The first-order chi connectivity index (χ1) is 12.8. The van der Waals surface area contributed by atoms with Crippen LogP contribution in [0, 0.1) is 0 Å². The number of nitrogens with one attached hydrogen (secondary N) is 2. The third kappa shape index (κ3) is 6.23. The zero-order valence-corrected chi connectivity index (χ0v) is 17.9. The Hall–Kier alpha value is -2.10. The third-order valence-electron chi connectivity index (χ3n) is 4.31. The lowest BCUT2D eigenvalue weighted by Gasteiger charge is -2.17. The molecular weight excluding hydrogens is 455 g/mol. The highest BCUT2D eigenvalue weighted by Gasteiger charge is 2.17.